The molecule has 0 aliphatic rings. The van der Waals surface area contributed by atoms with Gasteiger partial charge >= 0.3 is 0 Å². The Morgan fingerprint density at radius 3 is 2.88 bits per heavy atom. The zero-order valence-corrected chi connectivity index (χ0v) is 9.30. The number of hydrogen-bond donors (Lipinski definition) is 1. The van der Waals surface area contributed by atoms with E-state index >= 15 is 0 Å². The number of nitrogens with zero attached hydrogens (tertiary/aromatic N) is 1. The largest absolute Gasteiger partial charge is 0.382 e. The summed E-state index contributed by atoms with van der Waals surface area (Å²) in [6.07, 6.45) is 0. The molecule has 0 saturated carbocycles. The van der Waals surface area contributed by atoms with Gasteiger partial charge in [-0.25, -0.2) is 13.8 Å². The molecule has 1 aromatic heterocycles. The average Bonchev–Trinajstić information content (AvgIpc) is 2.74. The summed E-state index contributed by atoms with van der Waals surface area (Å²) in [5.74, 6) is -1.39. The molecule has 1 heterocycles. The van der Waals surface area contributed by atoms with Crippen LogP contribution in [-0.2, 0) is 16.1 Å². The number of imidazole rings is 1. The van der Waals surface area contributed by atoms with Crippen molar-refractivity contribution in [3.63, 3.8) is 0 Å². The van der Waals surface area contributed by atoms with E-state index in [0.29, 0.717) is 24.6 Å². The van der Waals surface area contributed by atoms with Crippen LogP contribution in [0.2, 0.25) is 0 Å². The fourth-order valence-electron chi connectivity index (χ4n) is 1.45. The second kappa shape index (κ2) is 5.20. The maximum atomic E-state index is 13.3. The number of methoxy groups -OCH3 is 1. The monoisotopic (exact) mass is 242 g/mol. The molecular formula is C11H12F2N2O2. The standard InChI is InChI=1S/C11H12F2N2O2/c1-16-4-5-17-6-9-14-8-3-2-7(12)10(13)11(8)15-9/h2-3H,4-6H2,1H3,(H,14,15). The SMILES string of the molecule is COCCOCc1nc2c(F)c(F)ccc2[nH]1. The third-order valence-electron chi connectivity index (χ3n) is 2.27. The van der Waals surface area contributed by atoms with E-state index in [9.17, 15) is 8.78 Å². The van der Waals surface area contributed by atoms with Crippen molar-refractivity contribution in [2.75, 3.05) is 20.3 Å². The second-order valence-electron chi connectivity index (χ2n) is 3.49. The highest BCUT2D eigenvalue weighted by atomic mass is 19.2. The van der Waals surface area contributed by atoms with Crippen molar-refractivity contribution in [1.82, 2.24) is 9.97 Å². The summed E-state index contributed by atoms with van der Waals surface area (Å²) >= 11 is 0. The smallest absolute Gasteiger partial charge is 0.186 e. The Morgan fingerprint density at radius 2 is 2.12 bits per heavy atom. The minimum atomic E-state index is -0.943. The quantitative estimate of drug-likeness (QED) is 0.816. The summed E-state index contributed by atoms with van der Waals surface area (Å²) in [5.41, 5.74) is 0.449. The number of benzene rings is 1. The molecule has 17 heavy (non-hydrogen) atoms. The van der Waals surface area contributed by atoms with E-state index in [-0.39, 0.29) is 12.1 Å². The highest BCUT2D eigenvalue weighted by Gasteiger charge is 2.11. The molecule has 4 nitrogen and oxygen atoms in total. The average molecular weight is 242 g/mol. The van der Waals surface area contributed by atoms with Crippen LogP contribution < -0.4 is 0 Å². The molecule has 0 atom stereocenters. The van der Waals surface area contributed by atoms with Crippen LogP contribution in [0.25, 0.3) is 11.0 Å². The first kappa shape index (κ1) is 11.9. The van der Waals surface area contributed by atoms with Crippen LogP contribution in [0.3, 0.4) is 0 Å². The van der Waals surface area contributed by atoms with E-state index in [2.05, 4.69) is 9.97 Å². The highest BCUT2D eigenvalue weighted by Crippen LogP contribution is 2.18. The molecule has 2 rings (SSSR count). The number of fused-ring (bicyclic) bond motifs is 1. The van der Waals surface area contributed by atoms with Gasteiger partial charge in [0.15, 0.2) is 11.6 Å². The first-order valence-corrected chi connectivity index (χ1v) is 5.11. The van der Waals surface area contributed by atoms with Crippen molar-refractivity contribution >= 4 is 11.0 Å². The lowest BCUT2D eigenvalue weighted by atomic mass is 10.3. The molecule has 1 N–H and O–H groups in total. The third kappa shape index (κ3) is 2.59. The van der Waals surface area contributed by atoms with Gasteiger partial charge < -0.3 is 14.5 Å². The van der Waals surface area contributed by atoms with Crippen molar-refractivity contribution < 1.29 is 18.3 Å². The molecule has 92 valence electrons. The zero-order valence-electron chi connectivity index (χ0n) is 9.30. The number of aromatic nitrogens is 2. The number of rotatable bonds is 5. The Kier molecular flexibility index (Phi) is 3.65. The van der Waals surface area contributed by atoms with Crippen LogP contribution in [-0.4, -0.2) is 30.3 Å². The molecule has 0 amide bonds. The van der Waals surface area contributed by atoms with Crippen LogP contribution in [0, 0.1) is 11.6 Å². The van der Waals surface area contributed by atoms with E-state index in [1.807, 2.05) is 0 Å². The predicted molar refractivity (Wildman–Crippen MR) is 57.5 cm³/mol. The van der Waals surface area contributed by atoms with Crippen molar-refractivity contribution in [1.29, 1.82) is 0 Å². The maximum Gasteiger partial charge on any atom is 0.186 e. The Morgan fingerprint density at radius 1 is 1.29 bits per heavy atom. The minimum absolute atomic E-state index is 0.00431. The van der Waals surface area contributed by atoms with Crippen LogP contribution in [0.1, 0.15) is 5.82 Å². The number of aromatic amines is 1. The summed E-state index contributed by atoms with van der Waals surface area (Å²) in [7, 11) is 1.57. The second-order valence-corrected chi connectivity index (χ2v) is 3.49. The lowest BCUT2D eigenvalue weighted by Crippen LogP contribution is -2.02. The van der Waals surface area contributed by atoms with Gasteiger partial charge in [-0.3, -0.25) is 0 Å². The van der Waals surface area contributed by atoms with Gasteiger partial charge in [0.2, 0.25) is 0 Å². The molecule has 0 unspecified atom stereocenters. The van der Waals surface area contributed by atoms with E-state index in [4.69, 9.17) is 9.47 Å². The minimum Gasteiger partial charge on any atom is -0.382 e. The molecule has 0 fully saturated rings. The van der Waals surface area contributed by atoms with E-state index in [0.717, 1.165) is 6.07 Å². The number of ether oxygens (including phenoxy) is 2. The fourth-order valence-corrected chi connectivity index (χ4v) is 1.45. The van der Waals surface area contributed by atoms with Crippen molar-refractivity contribution in [3.8, 4) is 0 Å². The molecular weight excluding hydrogens is 230 g/mol. The third-order valence-corrected chi connectivity index (χ3v) is 2.27. The predicted octanol–water partition coefficient (Wildman–Crippen LogP) is 2.00. The van der Waals surface area contributed by atoms with Gasteiger partial charge in [0.25, 0.3) is 0 Å². The molecule has 0 aliphatic carbocycles. The molecule has 0 saturated heterocycles. The van der Waals surface area contributed by atoms with Crippen LogP contribution in [0.5, 0.6) is 0 Å². The highest BCUT2D eigenvalue weighted by molar-refractivity contribution is 5.75. The van der Waals surface area contributed by atoms with Gasteiger partial charge in [-0.05, 0) is 12.1 Å². The fraction of sp³-hybridized carbons (Fsp3) is 0.364. The maximum absolute atomic E-state index is 13.3. The lowest BCUT2D eigenvalue weighted by Gasteiger charge is -1.99. The number of nitrogens with one attached hydrogen (secondary N) is 1. The van der Waals surface area contributed by atoms with Crippen molar-refractivity contribution in [2.45, 2.75) is 6.61 Å². The first-order chi connectivity index (χ1) is 8.22. The van der Waals surface area contributed by atoms with Crippen molar-refractivity contribution in [3.05, 3.63) is 29.6 Å². The van der Waals surface area contributed by atoms with Gasteiger partial charge in [-0.15, -0.1) is 0 Å². The van der Waals surface area contributed by atoms with Gasteiger partial charge in [-0.2, -0.15) is 0 Å². The van der Waals surface area contributed by atoms with Crippen molar-refractivity contribution in [2.24, 2.45) is 0 Å². The molecule has 6 heteroatoms. The lowest BCUT2D eigenvalue weighted by molar-refractivity contribution is 0.0590. The number of H-pyrrole nitrogens is 1. The zero-order chi connectivity index (χ0) is 12.3. The Labute approximate surface area is 96.6 Å². The Balaban J connectivity index is 2.12. The van der Waals surface area contributed by atoms with Crippen LogP contribution >= 0.6 is 0 Å². The summed E-state index contributed by atoms with van der Waals surface area (Å²) < 4.78 is 36.3. The van der Waals surface area contributed by atoms with Gasteiger partial charge in [-0.1, -0.05) is 0 Å². The molecule has 0 bridgehead atoms. The summed E-state index contributed by atoms with van der Waals surface area (Å²) in [6, 6.07) is 2.50. The van der Waals surface area contributed by atoms with E-state index in [1.54, 1.807) is 7.11 Å². The number of hydrogen-bond acceptors (Lipinski definition) is 3. The number of halogens is 2. The molecule has 1 aromatic carbocycles. The topological polar surface area (TPSA) is 47.1 Å². The summed E-state index contributed by atoms with van der Waals surface area (Å²) in [6.45, 7) is 1.10. The normalized spacial score (nSPS) is 11.2. The molecule has 0 radical (unpaired) electrons. The Bertz CT molecular complexity index is 513. The van der Waals surface area contributed by atoms with E-state index < -0.39 is 11.6 Å². The van der Waals surface area contributed by atoms with Gasteiger partial charge in [0, 0.05) is 7.11 Å². The summed E-state index contributed by atoms with van der Waals surface area (Å²) in [5, 5.41) is 0. The first-order valence-electron chi connectivity index (χ1n) is 5.11. The molecule has 2 aromatic rings. The van der Waals surface area contributed by atoms with Crippen LogP contribution in [0.4, 0.5) is 8.78 Å². The Hall–Kier alpha value is -1.53. The van der Waals surface area contributed by atoms with Crippen LogP contribution in [0.15, 0.2) is 12.1 Å². The van der Waals surface area contributed by atoms with E-state index in [1.165, 1.54) is 6.07 Å². The van der Waals surface area contributed by atoms with Gasteiger partial charge in [0.1, 0.15) is 17.9 Å². The molecule has 0 spiro atoms. The molecule has 0 aliphatic heterocycles. The summed E-state index contributed by atoms with van der Waals surface area (Å²) in [4.78, 5) is 6.79. The van der Waals surface area contributed by atoms with Gasteiger partial charge in [0.05, 0.1) is 18.7 Å².